The molecule has 1 aromatic heterocycles. The molecule has 1 aliphatic heterocycles. The van der Waals surface area contributed by atoms with Crippen molar-refractivity contribution in [2.45, 2.75) is 0 Å². The van der Waals surface area contributed by atoms with Gasteiger partial charge in [0.25, 0.3) is 5.91 Å². The van der Waals surface area contributed by atoms with Gasteiger partial charge in [0.1, 0.15) is 5.70 Å². The molecule has 1 aliphatic rings. The van der Waals surface area contributed by atoms with E-state index in [0.29, 0.717) is 16.5 Å². The van der Waals surface area contributed by atoms with Gasteiger partial charge in [-0.1, -0.05) is 42.5 Å². The minimum atomic E-state index is -0.179. The first-order chi connectivity index (χ1) is 11.7. The predicted molar refractivity (Wildman–Crippen MR) is 99.4 cm³/mol. The lowest BCUT2D eigenvalue weighted by atomic mass is 10.1. The zero-order chi connectivity index (χ0) is 16.5. The van der Waals surface area contributed by atoms with Crippen LogP contribution in [0.3, 0.4) is 0 Å². The minimum Gasteiger partial charge on any atom is -0.327 e. The van der Waals surface area contributed by atoms with E-state index in [4.69, 9.17) is 12.2 Å². The first kappa shape index (κ1) is 14.5. The van der Waals surface area contributed by atoms with Crippen LogP contribution in [0, 0.1) is 0 Å². The first-order valence-electron chi connectivity index (χ1n) is 7.50. The Kier molecular flexibility index (Phi) is 3.55. The maximum atomic E-state index is 12.8. The molecule has 0 spiro atoms. The lowest BCUT2D eigenvalue weighted by molar-refractivity contribution is -0.113. The van der Waals surface area contributed by atoms with E-state index in [0.717, 1.165) is 16.5 Å². The number of thiocarbonyl (C=S) groups is 1. The molecule has 0 radical (unpaired) electrons. The quantitative estimate of drug-likeness (QED) is 0.577. The van der Waals surface area contributed by atoms with Gasteiger partial charge in [-0.05, 0) is 41.9 Å². The number of nitrogens with zero attached hydrogens (tertiary/aromatic N) is 2. The third kappa shape index (κ3) is 2.45. The van der Waals surface area contributed by atoms with Crippen molar-refractivity contribution >= 4 is 45.8 Å². The number of hydrogen-bond acceptors (Lipinski definition) is 3. The highest BCUT2D eigenvalue weighted by Crippen LogP contribution is 2.30. The van der Waals surface area contributed by atoms with E-state index in [-0.39, 0.29) is 5.91 Å². The number of hydrogen-bond donors (Lipinski definition) is 1. The Morgan fingerprint density at radius 3 is 2.62 bits per heavy atom. The maximum absolute atomic E-state index is 12.8. The van der Waals surface area contributed by atoms with Gasteiger partial charge < -0.3 is 5.32 Å². The number of pyridine rings is 1. The highest BCUT2D eigenvalue weighted by atomic mass is 32.1. The fourth-order valence-corrected chi connectivity index (χ4v) is 3.06. The van der Waals surface area contributed by atoms with Gasteiger partial charge in [-0.2, -0.15) is 0 Å². The molecule has 1 saturated heterocycles. The molecule has 5 heteroatoms. The maximum Gasteiger partial charge on any atom is 0.281 e. The Balaban J connectivity index is 1.78. The molecule has 0 atom stereocenters. The van der Waals surface area contributed by atoms with Crippen LogP contribution in [0.15, 0.2) is 72.6 Å². The largest absolute Gasteiger partial charge is 0.327 e. The summed E-state index contributed by atoms with van der Waals surface area (Å²) >= 11 is 5.39. The van der Waals surface area contributed by atoms with Gasteiger partial charge in [0, 0.05) is 11.6 Å². The average Bonchev–Trinajstić information content (AvgIpc) is 2.89. The van der Waals surface area contributed by atoms with E-state index in [1.807, 2.05) is 60.7 Å². The Bertz CT molecular complexity index is 977. The van der Waals surface area contributed by atoms with Gasteiger partial charge in [-0.25, -0.2) is 0 Å². The molecule has 1 N–H and O–H groups in total. The molecule has 0 aliphatic carbocycles. The molecule has 2 heterocycles. The smallest absolute Gasteiger partial charge is 0.281 e. The van der Waals surface area contributed by atoms with Crippen LogP contribution in [0.2, 0.25) is 0 Å². The topological polar surface area (TPSA) is 45.2 Å². The summed E-state index contributed by atoms with van der Waals surface area (Å²) in [6.07, 6.45) is 3.40. The molecule has 3 aromatic rings. The van der Waals surface area contributed by atoms with Crippen molar-refractivity contribution in [3.63, 3.8) is 0 Å². The van der Waals surface area contributed by atoms with Gasteiger partial charge in [0.15, 0.2) is 5.11 Å². The molecular weight excluding hydrogens is 318 g/mol. The second kappa shape index (κ2) is 5.86. The highest BCUT2D eigenvalue weighted by Gasteiger charge is 2.32. The molecule has 4 nitrogen and oxygen atoms in total. The third-order valence-corrected chi connectivity index (χ3v) is 4.15. The van der Waals surface area contributed by atoms with Crippen LogP contribution in [-0.4, -0.2) is 16.0 Å². The number of benzene rings is 2. The fourth-order valence-electron chi connectivity index (χ4n) is 2.77. The summed E-state index contributed by atoms with van der Waals surface area (Å²) < 4.78 is 0. The highest BCUT2D eigenvalue weighted by molar-refractivity contribution is 7.80. The molecule has 0 bridgehead atoms. The van der Waals surface area contributed by atoms with Crippen LogP contribution in [0.4, 0.5) is 5.69 Å². The van der Waals surface area contributed by atoms with E-state index in [9.17, 15) is 4.79 Å². The zero-order valence-corrected chi connectivity index (χ0v) is 13.5. The molecule has 116 valence electrons. The summed E-state index contributed by atoms with van der Waals surface area (Å²) in [6.45, 7) is 0. The molecule has 0 saturated carbocycles. The second-order valence-corrected chi connectivity index (χ2v) is 5.77. The lowest BCUT2D eigenvalue weighted by Gasteiger charge is -2.16. The summed E-state index contributed by atoms with van der Waals surface area (Å²) in [7, 11) is 0. The number of anilines is 1. The zero-order valence-electron chi connectivity index (χ0n) is 12.6. The van der Waals surface area contributed by atoms with E-state index in [1.54, 1.807) is 12.3 Å². The van der Waals surface area contributed by atoms with E-state index >= 15 is 0 Å². The normalized spacial score (nSPS) is 16.0. The standard InChI is InChI=1S/C19H13N3OS/c23-18-16(12-14-8-3-4-11-20-14)21-19(24)22(18)17-10-5-7-13-6-1-2-9-15(13)17/h1-12H,(H,21,24). The summed E-state index contributed by atoms with van der Waals surface area (Å²) in [6, 6.07) is 19.3. The van der Waals surface area contributed by atoms with Gasteiger partial charge in [-0.3, -0.25) is 14.7 Å². The minimum absolute atomic E-state index is 0.179. The summed E-state index contributed by atoms with van der Waals surface area (Å²) in [5.41, 5.74) is 1.91. The summed E-state index contributed by atoms with van der Waals surface area (Å²) in [5.74, 6) is -0.179. The summed E-state index contributed by atoms with van der Waals surface area (Å²) in [4.78, 5) is 18.6. The van der Waals surface area contributed by atoms with Crippen molar-refractivity contribution in [1.82, 2.24) is 10.3 Å². The Morgan fingerprint density at radius 2 is 1.79 bits per heavy atom. The number of nitrogens with one attached hydrogen (secondary N) is 1. The van der Waals surface area contributed by atoms with Crippen LogP contribution in [-0.2, 0) is 4.79 Å². The van der Waals surface area contributed by atoms with Crippen LogP contribution in [0.1, 0.15) is 5.69 Å². The predicted octanol–water partition coefficient (Wildman–Crippen LogP) is 3.50. The fraction of sp³-hybridized carbons (Fsp3) is 0. The molecule has 1 fully saturated rings. The summed E-state index contributed by atoms with van der Waals surface area (Å²) in [5, 5.41) is 5.41. The van der Waals surface area contributed by atoms with Gasteiger partial charge in [0.05, 0.1) is 11.4 Å². The van der Waals surface area contributed by atoms with E-state index in [1.165, 1.54) is 4.90 Å². The number of carbonyl (C=O) groups excluding carboxylic acids is 1. The molecule has 24 heavy (non-hydrogen) atoms. The molecule has 0 unspecified atom stereocenters. The van der Waals surface area contributed by atoms with Crippen molar-refractivity contribution < 1.29 is 4.79 Å². The first-order valence-corrected chi connectivity index (χ1v) is 7.91. The molecular formula is C19H13N3OS. The number of fused-ring (bicyclic) bond motifs is 1. The molecule has 2 aromatic carbocycles. The Morgan fingerprint density at radius 1 is 1.00 bits per heavy atom. The van der Waals surface area contributed by atoms with Crippen molar-refractivity contribution in [2.24, 2.45) is 0 Å². The van der Waals surface area contributed by atoms with Crippen molar-refractivity contribution in [3.05, 3.63) is 78.3 Å². The van der Waals surface area contributed by atoms with Crippen LogP contribution >= 0.6 is 12.2 Å². The van der Waals surface area contributed by atoms with Gasteiger partial charge in [0.2, 0.25) is 0 Å². The molecule has 4 rings (SSSR count). The Labute approximate surface area is 144 Å². The van der Waals surface area contributed by atoms with Crippen molar-refractivity contribution in [3.8, 4) is 0 Å². The monoisotopic (exact) mass is 331 g/mol. The van der Waals surface area contributed by atoms with Crippen LogP contribution in [0.25, 0.3) is 16.8 Å². The van der Waals surface area contributed by atoms with Crippen molar-refractivity contribution in [1.29, 1.82) is 0 Å². The average molecular weight is 331 g/mol. The van der Waals surface area contributed by atoms with Gasteiger partial charge in [-0.15, -0.1) is 0 Å². The number of amides is 1. The van der Waals surface area contributed by atoms with E-state index in [2.05, 4.69) is 10.3 Å². The van der Waals surface area contributed by atoms with E-state index < -0.39 is 0 Å². The number of carbonyl (C=O) groups is 1. The lowest BCUT2D eigenvalue weighted by Crippen LogP contribution is -2.30. The van der Waals surface area contributed by atoms with Crippen molar-refractivity contribution in [2.75, 3.05) is 4.90 Å². The third-order valence-electron chi connectivity index (χ3n) is 3.87. The number of aromatic nitrogens is 1. The SMILES string of the molecule is O=C1C(=Cc2ccccn2)NC(=S)N1c1cccc2ccccc12. The second-order valence-electron chi connectivity index (χ2n) is 5.38. The molecule has 1 amide bonds. The van der Waals surface area contributed by atoms with Crippen LogP contribution < -0.4 is 10.2 Å². The van der Waals surface area contributed by atoms with Crippen LogP contribution in [0.5, 0.6) is 0 Å². The Hall–Kier alpha value is -3.05. The van der Waals surface area contributed by atoms with Gasteiger partial charge >= 0.3 is 0 Å². The number of rotatable bonds is 2.